The highest BCUT2D eigenvalue weighted by atomic mass is 16.5. The van der Waals surface area contributed by atoms with Gasteiger partial charge in [0.2, 0.25) is 11.8 Å². The number of aryl methyl sites for hydroxylation is 1. The van der Waals surface area contributed by atoms with E-state index in [4.69, 9.17) is 9.47 Å². The van der Waals surface area contributed by atoms with Gasteiger partial charge in [0, 0.05) is 18.7 Å². The van der Waals surface area contributed by atoms with Crippen LogP contribution in [0.15, 0.2) is 42.5 Å². The summed E-state index contributed by atoms with van der Waals surface area (Å²) < 4.78 is 11.0. The number of nitrogens with one attached hydrogen (secondary N) is 1. The molecular formula is C23H28N2O4. The number of rotatable bonds is 6. The smallest absolute Gasteiger partial charge is 0.236 e. The van der Waals surface area contributed by atoms with E-state index in [-0.39, 0.29) is 11.8 Å². The van der Waals surface area contributed by atoms with Crippen molar-refractivity contribution in [3.05, 3.63) is 48.0 Å². The number of fused-ring (bicyclic) bond motifs is 1. The van der Waals surface area contributed by atoms with E-state index in [0.29, 0.717) is 43.1 Å². The van der Waals surface area contributed by atoms with E-state index in [1.807, 2.05) is 57.2 Å². The van der Waals surface area contributed by atoms with Crippen molar-refractivity contribution in [1.82, 2.24) is 0 Å². The molecular weight excluding hydrogens is 368 g/mol. The van der Waals surface area contributed by atoms with Crippen molar-refractivity contribution in [3.63, 3.8) is 0 Å². The van der Waals surface area contributed by atoms with Crippen LogP contribution in [0, 0.1) is 5.41 Å². The van der Waals surface area contributed by atoms with Crippen molar-refractivity contribution in [2.24, 2.45) is 5.41 Å². The van der Waals surface area contributed by atoms with Gasteiger partial charge < -0.3 is 19.7 Å². The largest absolute Gasteiger partial charge is 0.497 e. The first-order chi connectivity index (χ1) is 13.8. The van der Waals surface area contributed by atoms with Gasteiger partial charge in [-0.05, 0) is 63.1 Å². The van der Waals surface area contributed by atoms with Gasteiger partial charge in [-0.3, -0.25) is 9.59 Å². The van der Waals surface area contributed by atoms with Crippen LogP contribution in [0.1, 0.15) is 32.8 Å². The molecule has 0 saturated carbocycles. The molecule has 3 rings (SSSR count). The van der Waals surface area contributed by atoms with Gasteiger partial charge in [-0.25, -0.2) is 0 Å². The summed E-state index contributed by atoms with van der Waals surface area (Å²) in [6, 6.07) is 13.1. The molecule has 0 atom stereocenters. The summed E-state index contributed by atoms with van der Waals surface area (Å²) in [4.78, 5) is 27.0. The molecule has 1 aliphatic rings. The predicted molar refractivity (Wildman–Crippen MR) is 114 cm³/mol. The number of hydrogen-bond acceptors (Lipinski definition) is 4. The Hall–Kier alpha value is -3.02. The Balaban J connectivity index is 1.69. The standard InChI is InChI=1S/C23H28N2O4/c1-5-25-19-14-17(9-12-20(19)29-15-23(2,3)22(25)27)24-21(26)13-8-16-6-10-18(28-4)11-7-16/h6-7,9-12,14H,5,8,13,15H2,1-4H3,(H,24,26). The van der Waals surface area contributed by atoms with E-state index >= 15 is 0 Å². The van der Waals surface area contributed by atoms with Crippen LogP contribution in [0.5, 0.6) is 11.5 Å². The van der Waals surface area contributed by atoms with Crippen LogP contribution in [0.4, 0.5) is 11.4 Å². The second-order valence-corrected chi connectivity index (χ2v) is 7.80. The molecule has 2 aromatic carbocycles. The minimum atomic E-state index is -0.600. The number of benzene rings is 2. The maximum Gasteiger partial charge on any atom is 0.236 e. The Morgan fingerprint density at radius 1 is 1.21 bits per heavy atom. The lowest BCUT2D eigenvalue weighted by Crippen LogP contribution is -2.42. The molecule has 154 valence electrons. The molecule has 0 radical (unpaired) electrons. The van der Waals surface area contributed by atoms with Crippen molar-refractivity contribution in [1.29, 1.82) is 0 Å². The SMILES string of the molecule is CCN1C(=O)C(C)(C)COc2ccc(NC(=O)CCc3ccc(OC)cc3)cc21. The summed E-state index contributed by atoms with van der Waals surface area (Å²) in [5, 5.41) is 2.93. The zero-order valence-corrected chi connectivity index (χ0v) is 17.5. The third-order valence-electron chi connectivity index (χ3n) is 5.06. The van der Waals surface area contributed by atoms with E-state index in [9.17, 15) is 9.59 Å². The van der Waals surface area contributed by atoms with Gasteiger partial charge in [0.15, 0.2) is 0 Å². The molecule has 1 aliphatic heterocycles. The van der Waals surface area contributed by atoms with Gasteiger partial charge in [-0.15, -0.1) is 0 Å². The lowest BCUT2D eigenvalue weighted by Gasteiger charge is -2.27. The quantitative estimate of drug-likeness (QED) is 0.800. The number of nitrogens with zero attached hydrogens (tertiary/aromatic N) is 1. The number of methoxy groups -OCH3 is 1. The molecule has 2 amide bonds. The lowest BCUT2D eigenvalue weighted by atomic mass is 9.93. The van der Waals surface area contributed by atoms with E-state index in [1.54, 1.807) is 18.1 Å². The molecule has 0 spiro atoms. The van der Waals surface area contributed by atoms with Crippen molar-refractivity contribution >= 4 is 23.2 Å². The average Bonchev–Trinajstić information content (AvgIpc) is 2.81. The Morgan fingerprint density at radius 3 is 2.59 bits per heavy atom. The van der Waals surface area contributed by atoms with Crippen LogP contribution in [-0.2, 0) is 16.0 Å². The fraction of sp³-hybridized carbons (Fsp3) is 0.391. The van der Waals surface area contributed by atoms with Crippen LogP contribution in [0.3, 0.4) is 0 Å². The zero-order chi connectivity index (χ0) is 21.0. The minimum Gasteiger partial charge on any atom is -0.497 e. The molecule has 29 heavy (non-hydrogen) atoms. The molecule has 1 N–H and O–H groups in total. The third-order valence-corrected chi connectivity index (χ3v) is 5.06. The number of carbonyl (C=O) groups excluding carboxylic acids is 2. The second kappa shape index (κ2) is 8.55. The molecule has 0 aromatic heterocycles. The maximum atomic E-state index is 12.8. The van der Waals surface area contributed by atoms with Gasteiger partial charge >= 0.3 is 0 Å². The molecule has 0 bridgehead atoms. The van der Waals surface area contributed by atoms with Gasteiger partial charge in [0.25, 0.3) is 0 Å². The summed E-state index contributed by atoms with van der Waals surface area (Å²) >= 11 is 0. The molecule has 6 nitrogen and oxygen atoms in total. The Labute approximate surface area is 171 Å². The highest BCUT2D eigenvalue weighted by Crippen LogP contribution is 2.38. The van der Waals surface area contributed by atoms with Crippen LogP contribution in [-0.4, -0.2) is 32.1 Å². The highest BCUT2D eigenvalue weighted by Gasteiger charge is 2.37. The van der Waals surface area contributed by atoms with Crippen LogP contribution >= 0.6 is 0 Å². The highest BCUT2D eigenvalue weighted by molar-refractivity contribution is 6.00. The van der Waals surface area contributed by atoms with E-state index < -0.39 is 5.41 Å². The van der Waals surface area contributed by atoms with Crippen LogP contribution in [0.25, 0.3) is 0 Å². The lowest BCUT2D eigenvalue weighted by molar-refractivity contribution is -0.127. The zero-order valence-electron chi connectivity index (χ0n) is 17.5. The fourth-order valence-corrected chi connectivity index (χ4v) is 3.31. The van der Waals surface area contributed by atoms with Crippen LogP contribution < -0.4 is 19.7 Å². The molecule has 2 aromatic rings. The summed E-state index contributed by atoms with van der Waals surface area (Å²) in [6.07, 6.45) is 1.00. The Morgan fingerprint density at radius 2 is 1.93 bits per heavy atom. The van der Waals surface area contributed by atoms with Crippen molar-refractivity contribution in [3.8, 4) is 11.5 Å². The molecule has 6 heteroatoms. The summed E-state index contributed by atoms with van der Waals surface area (Å²) in [5.41, 5.74) is 1.81. The molecule has 0 aliphatic carbocycles. The van der Waals surface area contributed by atoms with Crippen LogP contribution in [0.2, 0.25) is 0 Å². The average molecular weight is 396 g/mol. The van der Waals surface area contributed by atoms with Crippen molar-refractivity contribution in [2.45, 2.75) is 33.6 Å². The number of carbonyl (C=O) groups is 2. The molecule has 0 fully saturated rings. The topological polar surface area (TPSA) is 67.9 Å². The minimum absolute atomic E-state index is 0.0155. The summed E-state index contributed by atoms with van der Waals surface area (Å²) in [6.45, 7) is 6.55. The van der Waals surface area contributed by atoms with Gasteiger partial charge in [0.1, 0.15) is 18.1 Å². The van der Waals surface area contributed by atoms with Gasteiger partial charge in [-0.1, -0.05) is 12.1 Å². The number of anilines is 2. The summed E-state index contributed by atoms with van der Waals surface area (Å²) in [7, 11) is 1.63. The first kappa shape index (κ1) is 20.7. The first-order valence-corrected chi connectivity index (χ1v) is 9.85. The third kappa shape index (κ3) is 4.70. The monoisotopic (exact) mass is 396 g/mol. The second-order valence-electron chi connectivity index (χ2n) is 7.80. The number of ether oxygens (including phenoxy) is 2. The van der Waals surface area contributed by atoms with E-state index in [2.05, 4.69) is 5.32 Å². The molecule has 0 unspecified atom stereocenters. The van der Waals surface area contributed by atoms with Crippen molar-refractivity contribution in [2.75, 3.05) is 30.5 Å². The normalized spacial score (nSPS) is 15.2. The van der Waals surface area contributed by atoms with Gasteiger partial charge in [-0.2, -0.15) is 0 Å². The van der Waals surface area contributed by atoms with Crippen molar-refractivity contribution < 1.29 is 19.1 Å². The Kier molecular flexibility index (Phi) is 6.11. The Bertz CT molecular complexity index is 890. The summed E-state index contributed by atoms with van der Waals surface area (Å²) in [5.74, 6) is 1.39. The van der Waals surface area contributed by atoms with E-state index in [1.165, 1.54) is 0 Å². The molecule has 0 saturated heterocycles. The fourth-order valence-electron chi connectivity index (χ4n) is 3.31. The molecule has 1 heterocycles. The van der Waals surface area contributed by atoms with E-state index in [0.717, 1.165) is 11.3 Å². The van der Waals surface area contributed by atoms with Gasteiger partial charge in [0.05, 0.1) is 18.2 Å². The predicted octanol–water partition coefficient (Wildman–Crippen LogP) is 4.04. The maximum absolute atomic E-state index is 12.8. The number of amides is 2. The first-order valence-electron chi connectivity index (χ1n) is 9.85. The number of hydrogen-bond donors (Lipinski definition) is 1.